The predicted molar refractivity (Wildman–Crippen MR) is 73.7 cm³/mol. The summed E-state index contributed by atoms with van der Waals surface area (Å²) in [6, 6.07) is 10.5. The van der Waals surface area contributed by atoms with E-state index in [1.165, 1.54) is 6.07 Å². The molecule has 1 aromatic carbocycles. The fourth-order valence-corrected chi connectivity index (χ4v) is 2.17. The van der Waals surface area contributed by atoms with Gasteiger partial charge in [0.25, 0.3) is 0 Å². The molecule has 0 bridgehead atoms. The average molecular weight is 297 g/mol. The Hall–Kier alpha value is -1.33. The van der Waals surface area contributed by atoms with E-state index in [1.54, 1.807) is 24.5 Å². The molecule has 3 rings (SSSR count). The van der Waals surface area contributed by atoms with Crippen molar-refractivity contribution in [3.63, 3.8) is 0 Å². The Morgan fingerprint density at radius 2 is 2.10 bits per heavy atom. The van der Waals surface area contributed by atoms with E-state index < -0.39 is 5.97 Å². The monoisotopic (exact) mass is 296 g/mol. The summed E-state index contributed by atoms with van der Waals surface area (Å²) in [6.07, 6.45) is 3.40. The summed E-state index contributed by atoms with van der Waals surface area (Å²) in [6.45, 7) is 0. The molecule has 0 radical (unpaired) electrons. The van der Waals surface area contributed by atoms with Gasteiger partial charge in [-0.2, -0.15) is 0 Å². The second-order valence-corrected chi connectivity index (χ2v) is 4.54. The molecular formula is C14H10ClN2NaO2. The van der Waals surface area contributed by atoms with Gasteiger partial charge in [0.05, 0.1) is 17.5 Å². The van der Waals surface area contributed by atoms with Crippen LogP contribution in [-0.2, 0) is 0 Å². The van der Waals surface area contributed by atoms with Crippen LogP contribution in [0.25, 0.3) is 16.9 Å². The van der Waals surface area contributed by atoms with Crippen molar-refractivity contribution in [1.29, 1.82) is 0 Å². The number of carbonyl (C=O) groups is 1. The number of hydrogen-bond acceptors (Lipinski definition) is 2. The minimum Gasteiger partial charge on any atom is -1.00 e. The zero-order valence-corrected chi connectivity index (χ0v) is 13.5. The zero-order valence-electron chi connectivity index (χ0n) is 11.7. The number of imidazole rings is 1. The molecule has 0 aliphatic heterocycles. The zero-order chi connectivity index (χ0) is 13.4. The van der Waals surface area contributed by atoms with Gasteiger partial charge in [-0.3, -0.25) is 4.40 Å². The van der Waals surface area contributed by atoms with Gasteiger partial charge in [0.15, 0.2) is 0 Å². The Morgan fingerprint density at radius 1 is 1.30 bits per heavy atom. The van der Waals surface area contributed by atoms with Crippen molar-refractivity contribution in [2.75, 3.05) is 0 Å². The van der Waals surface area contributed by atoms with E-state index in [0.29, 0.717) is 10.7 Å². The molecule has 0 aliphatic carbocycles. The number of carboxylic acid groups (broad SMARTS) is 1. The normalized spacial score (nSPS) is 10.2. The molecule has 3 aromatic rings. The fraction of sp³-hybridized carbons (Fsp3) is 0. The minimum absolute atomic E-state index is 0. The van der Waals surface area contributed by atoms with Crippen molar-refractivity contribution < 1.29 is 40.9 Å². The van der Waals surface area contributed by atoms with Crippen molar-refractivity contribution >= 4 is 23.2 Å². The summed E-state index contributed by atoms with van der Waals surface area (Å²) in [5.74, 6) is -0.963. The van der Waals surface area contributed by atoms with Gasteiger partial charge < -0.3 is 6.53 Å². The van der Waals surface area contributed by atoms with E-state index in [4.69, 9.17) is 16.7 Å². The molecule has 0 fully saturated rings. The predicted octanol–water partition coefficient (Wildman–Crippen LogP) is 0.469. The van der Waals surface area contributed by atoms with E-state index in [1.807, 2.05) is 22.6 Å². The van der Waals surface area contributed by atoms with Crippen LogP contribution in [0, 0.1) is 0 Å². The molecule has 0 saturated heterocycles. The van der Waals surface area contributed by atoms with Crippen molar-refractivity contribution in [1.82, 2.24) is 9.38 Å². The van der Waals surface area contributed by atoms with Gasteiger partial charge in [-0.25, -0.2) is 9.78 Å². The molecule has 0 saturated carbocycles. The van der Waals surface area contributed by atoms with Gasteiger partial charge in [-0.05, 0) is 24.3 Å². The number of aromatic nitrogens is 2. The van der Waals surface area contributed by atoms with Crippen molar-refractivity contribution in [3.8, 4) is 11.3 Å². The largest absolute Gasteiger partial charge is 1.00 e. The summed E-state index contributed by atoms with van der Waals surface area (Å²) in [5.41, 5.74) is 2.61. The number of carboxylic acids is 1. The molecule has 96 valence electrons. The van der Waals surface area contributed by atoms with Crippen molar-refractivity contribution in [2.45, 2.75) is 0 Å². The Labute approximate surface area is 143 Å². The number of pyridine rings is 1. The van der Waals surface area contributed by atoms with Crippen LogP contribution in [0.4, 0.5) is 0 Å². The molecule has 1 N–H and O–H groups in total. The van der Waals surface area contributed by atoms with Gasteiger partial charge in [-0.15, -0.1) is 0 Å². The fourth-order valence-electron chi connectivity index (χ4n) is 1.98. The maximum Gasteiger partial charge on any atom is 1.00 e. The average Bonchev–Trinajstić information content (AvgIpc) is 2.81. The number of halogens is 1. The van der Waals surface area contributed by atoms with Gasteiger partial charge >= 0.3 is 35.5 Å². The van der Waals surface area contributed by atoms with E-state index in [-0.39, 0.29) is 36.5 Å². The second kappa shape index (κ2) is 5.97. The first-order valence-corrected chi connectivity index (χ1v) is 5.99. The van der Waals surface area contributed by atoms with Crippen LogP contribution >= 0.6 is 11.6 Å². The van der Waals surface area contributed by atoms with Crippen LogP contribution in [0.5, 0.6) is 0 Å². The molecule has 0 amide bonds. The summed E-state index contributed by atoms with van der Waals surface area (Å²) in [5, 5.41) is 9.60. The smallest absolute Gasteiger partial charge is 1.00 e. The second-order valence-electron chi connectivity index (χ2n) is 4.10. The summed E-state index contributed by atoms with van der Waals surface area (Å²) >= 11 is 5.97. The molecule has 20 heavy (non-hydrogen) atoms. The van der Waals surface area contributed by atoms with Gasteiger partial charge in [-0.1, -0.05) is 23.7 Å². The van der Waals surface area contributed by atoms with E-state index in [0.717, 1.165) is 11.3 Å². The molecule has 0 spiro atoms. The molecule has 0 atom stereocenters. The quantitative estimate of drug-likeness (QED) is 0.700. The molecule has 2 aromatic heterocycles. The Balaban J connectivity index is 0.00000110. The van der Waals surface area contributed by atoms with Gasteiger partial charge in [0, 0.05) is 16.8 Å². The number of aromatic carboxylic acids is 1. The van der Waals surface area contributed by atoms with Crippen LogP contribution in [0.1, 0.15) is 11.8 Å². The summed E-state index contributed by atoms with van der Waals surface area (Å²) < 4.78 is 1.83. The number of fused-ring (bicyclic) bond motifs is 1. The Kier molecular flexibility index (Phi) is 4.50. The van der Waals surface area contributed by atoms with E-state index in [2.05, 4.69) is 4.98 Å². The Bertz CT molecular complexity index is 791. The van der Waals surface area contributed by atoms with Crippen molar-refractivity contribution in [3.05, 3.63) is 59.4 Å². The third kappa shape index (κ3) is 2.74. The summed E-state index contributed by atoms with van der Waals surface area (Å²) in [4.78, 5) is 15.1. The SMILES string of the molecule is O=C(O)c1ccn2c(-c3cccc(Cl)c3)cnc2c1.[H-].[Na+]. The van der Waals surface area contributed by atoms with Gasteiger partial charge in [0.2, 0.25) is 0 Å². The van der Waals surface area contributed by atoms with E-state index in [9.17, 15) is 4.79 Å². The van der Waals surface area contributed by atoms with E-state index >= 15 is 0 Å². The molecule has 6 heteroatoms. The summed E-state index contributed by atoms with van der Waals surface area (Å²) in [7, 11) is 0. The first-order chi connectivity index (χ1) is 9.15. The topological polar surface area (TPSA) is 54.6 Å². The number of hydrogen-bond donors (Lipinski definition) is 1. The first kappa shape index (κ1) is 15.1. The molecular weight excluding hydrogens is 287 g/mol. The molecule has 0 aliphatic rings. The number of benzene rings is 1. The van der Waals surface area contributed by atoms with Crippen LogP contribution in [0.2, 0.25) is 5.02 Å². The van der Waals surface area contributed by atoms with Crippen LogP contribution in [0.15, 0.2) is 48.8 Å². The maximum absolute atomic E-state index is 10.9. The molecule has 4 nitrogen and oxygen atoms in total. The third-order valence-corrected chi connectivity index (χ3v) is 3.12. The number of nitrogens with zero attached hydrogens (tertiary/aromatic N) is 2. The molecule has 2 heterocycles. The van der Waals surface area contributed by atoms with Crippen LogP contribution in [-0.4, -0.2) is 20.5 Å². The minimum atomic E-state index is -0.963. The third-order valence-electron chi connectivity index (χ3n) is 2.88. The van der Waals surface area contributed by atoms with Crippen LogP contribution in [0.3, 0.4) is 0 Å². The molecule has 0 unspecified atom stereocenters. The Morgan fingerprint density at radius 3 is 2.80 bits per heavy atom. The maximum atomic E-state index is 10.9. The van der Waals surface area contributed by atoms with Gasteiger partial charge in [0.1, 0.15) is 5.65 Å². The standard InChI is InChI=1S/C14H9ClN2O2.Na.H/c15-11-3-1-2-9(6-11)12-8-16-13-7-10(14(18)19)4-5-17(12)13;;/h1-8H,(H,18,19);;/q;+1;-1. The first-order valence-electron chi connectivity index (χ1n) is 5.61. The van der Waals surface area contributed by atoms with Crippen molar-refractivity contribution in [2.24, 2.45) is 0 Å². The van der Waals surface area contributed by atoms with Crippen LogP contribution < -0.4 is 29.6 Å². The number of rotatable bonds is 2.